The molecule has 1 amide bonds. The molecule has 0 fully saturated rings. The molecule has 0 unspecified atom stereocenters. The number of methoxy groups -OCH3 is 1. The molecule has 3 aromatic rings. The third-order valence-electron chi connectivity index (χ3n) is 3.32. The molecule has 140 valence electrons. The van der Waals surface area contributed by atoms with Gasteiger partial charge >= 0.3 is 11.9 Å². The van der Waals surface area contributed by atoms with Crippen LogP contribution >= 0.6 is 34.0 Å². The van der Waals surface area contributed by atoms with Crippen molar-refractivity contribution in [1.82, 2.24) is 4.98 Å². The second-order valence-corrected chi connectivity index (χ2v) is 7.75. The monoisotopic (exact) mass is 422 g/mol. The zero-order valence-electron chi connectivity index (χ0n) is 14.1. The van der Waals surface area contributed by atoms with Gasteiger partial charge in [0.1, 0.15) is 9.88 Å². The van der Waals surface area contributed by atoms with E-state index in [1.165, 1.54) is 18.4 Å². The van der Waals surface area contributed by atoms with Crippen molar-refractivity contribution in [1.29, 1.82) is 0 Å². The van der Waals surface area contributed by atoms with Crippen molar-refractivity contribution < 1.29 is 23.9 Å². The maximum absolute atomic E-state index is 11.9. The average Bonchev–Trinajstić information content (AvgIpc) is 3.40. The summed E-state index contributed by atoms with van der Waals surface area (Å²) < 4.78 is 9.63. The Kier molecular flexibility index (Phi) is 6.32. The predicted octanol–water partition coefficient (Wildman–Crippen LogP) is 3.44. The lowest BCUT2D eigenvalue weighted by molar-refractivity contribution is -0.146. The van der Waals surface area contributed by atoms with Gasteiger partial charge in [-0.25, -0.2) is 9.78 Å². The molecule has 0 radical (unpaired) electrons. The van der Waals surface area contributed by atoms with Gasteiger partial charge in [0, 0.05) is 16.3 Å². The van der Waals surface area contributed by atoms with Gasteiger partial charge in [-0.1, -0.05) is 0 Å². The number of ether oxygens (including phenoxy) is 2. The first-order valence-electron chi connectivity index (χ1n) is 7.65. The molecule has 27 heavy (non-hydrogen) atoms. The normalized spacial score (nSPS) is 10.4. The Morgan fingerprint density at radius 3 is 2.74 bits per heavy atom. The van der Waals surface area contributed by atoms with Crippen LogP contribution in [0, 0.1) is 0 Å². The van der Waals surface area contributed by atoms with Crippen molar-refractivity contribution in [2.24, 2.45) is 0 Å². The summed E-state index contributed by atoms with van der Waals surface area (Å²) in [7, 11) is 1.26. The van der Waals surface area contributed by atoms with E-state index in [1.807, 2.05) is 16.8 Å². The summed E-state index contributed by atoms with van der Waals surface area (Å²) in [6, 6.07) is 3.54. The molecule has 3 heterocycles. The largest absolute Gasteiger partial charge is 0.465 e. The number of hydrogen-bond donors (Lipinski definition) is 1. The molecule has 0 saturated heterocycles. The maximum atomic E-state index is 11.9. The van der Waals surface area contributed by atoms with E-state index >= 15 is 0 Å². The SMILES string of the molecule is COC(=O)c1sccc1NC(=O)COC(=O)Cc1csc(-c2ccsc2)n1. The van der Waals surface area contributed by atoms with Crippen molar-refractivity contribution in [3.8, 4) is 10.6 Å². The van der Waals surface area contributed by atoms with E-state index in [1.54, 1.807) is 28.2 Å². The molecule has 0 saturated carbocycles. The summed E-state index contributed by atoms with van der Waals surface area (Å²) in [4.78, 5) is 40.1. The molecular weight excluding hydrogens is 408 g/mol. The highest BCUT2D eigenvalue weighted by Gasteiger charge is 2.17. The van der Waals surface area contributed by atoms with Crippen LogP contribution in [0.1, 0.15) is 15.4 Å². The minimum Gasteiger partial charge on any atom is -0.465 e. The van der Waals surface area contributed by atoms with Gasteiger partial charge in [-0.15, -0.1) is 22.7 Å². The van der Waals surface area contributed by atoms with E-state index in [4.69, 9.17) is 4.74 Å². The Bertz CT molecular complexity index is 946. The van der Waals surface area contributed by atoms with Crippen LogP contribution in [-0.2, 0) is 25.5 Å². The number of nitrogens with one attached hydrogen (secondary N) is 1. The first kappa shape index (κ1) is 19.2. The number of carbonyl (C=O) groups excluding carboxylic acids is 3. The van der Waals surface area contributed by atoms with Gasteiger partial charge < -0.3 is 14.8 Å². The zero-order chi connectivity index (χ0) is 19.2. The Hall–Kier alpha value is -2.56. The van der Waals surface area contributed by atoms with E-state index in [2.05, 4.69) is 15.0 Å². The molecule has 10 heteroatoms. The fraction of sp³-hybridized carbons (Fsp3) is 0.176. The molecule has 0 bridgehead atoms. The number of rotatable bonds is 7. The minimum absolute atomic E-state index is 0.0141. The van der Waals surface area contributed by atoms with Crippen LogP contribution in [0.4, 0.5) is 5.69 Å². The van der Waals surface area contributed by atoms with Crippen LogP contribution in [-0.4, -0.2) is 36.5 Å². The van der Waals surface area contributed by atoms with Crippen molar-refractivity contribution in [3.63, 3.8) is 0 Å². The smallest absolute Gasteiger partial charge is 0.350 e. The van der Waals surface area contributed by atoms with Crippen LogP contribution < -0.4 is 5.32 Å². The van der Waals surface area contributed by atoms with Crippen molar-refractivity contribution in [2.45, 2.75) is 6.42 Å². The lowest BCUT2D eigenvalue weighted by Gasteiger charge is -2.06. The number of aromatic nitrogens is 1. The predicted molar refractivity (Wildman–Crippen MR) is 104 cm³/mol. The molecule has 0 aliphatic heterocycles. The molecule has 0 atom stereocenters. The van der Waals surface area contributed by atoms with Gasteiger partial charge in [0.25, 0.3) is 5.91 Å². The number of anilines is 1. The summed E-state index contributed by atoms with van der Waals surface area (Å²) in [5, 5.41) is 10.8. The lowest BCUT2D eigenvalue weighted by atomic mass is 10.3. The van der Waals surface area contributed by atoms with E-state index in [0.29, 0.717) is 11.4 Å². The van der Waals surface area contributed by atoms with E-state index < -0.39 is 24.5 Å². The number of thiazole rings is 1. The minimum atomic E-state index is -0.550. The standard InChI is InChI=1S/C17H14N2O5S3/c1-23-17(22)15-12(3-5-26-15)19-13(20)7-24-14(21)6-11-9-27-16(18-11)10-2-4-25-8-10/h2-5,8-9H,6-7H2,1H3,(H,19,20). The summed E-state index contributed by atoms with van der Waals surface area (Å²) in [5.41, 5.74) is 1.94. The summed E-state index contributed by atoms with van der Waals surface area (Å²) in [6.07, 6.45) is -0.0141. The molecule has 3 rings (SSSR count). The van der Waals surface area contributed by atoms with Crippen molar-refractivity contribution >= 4 is 57.5 Å². The first-order valence-corrected chi connectivity index (χ1v) is 10.3. The number of thiophene rings is 2. The number of hydrogen-bond acceptors (Lipinski definition) is 9. The van der Waals surface area contributed by atoms with Gasteiger partial charge in [0.05, 0.1) is 24.9 Å². The molecule has 3 aromatic heterocycles. The molecular formula is C17H14N2O5S3. The van der Waals surface area contributed by atoms with Crippen LogP contribution in [0.5, 0.6) is 0 Å². The topological polar surface area (TPSA) is 94.6 Å². The number of esters is 2. The van der Waals surface area contributed by atoms with Gasteiger partial charge in [0.15, 0.2) is 6.61 Å². The van der Waals surface area contributed by atoms with Gasteiger partial charge in [-0.3, -0.25) is 9.59 Å². The quantitative estimate of drug-likeness (QED) is 0.586. The van der Waals surface area contributed by atoms with Gasteiger partial charge in [0.2, 0.25) is 0 Å². The highest BCUT2D eigenvalue weighted by molar-refractivity contribution is 7.14. The van der Waals surface area contributed by atoms with E-state index in [0.717, 1.165) is 21.9 Å². The Labute approximate surface area is 166 Å². The van der Waals surface area contributed by atoms with Crippen LogP contribution in [0.3, 0.4) is 0 Å². The first-order chi connectivity index (χ1) is 13.1. The average molecular weight is 423 g/mol. The molecule has 0 aliphatic rings. The Balaban J connectivity index is 1.49. The van der Waals surface area contributed by atoms with Crippen molar-refractivity contribution in [3.05, 3.63) is 44.2 Å². The van der Waals surface area contributed by atoms with Crippen LogP contribution in [0.2, 0.25) is 0 Å². The molecule has 0 aromatic carbocycles. The number of carbonyl (C=O) groups is 3. The Morgan fingerprint density at radius 2 is 2.00 bits per heavy atom. The van der Waals surface area contributed by atoms with E-state index in [-0.39, 0.29) is 11.3 Å². The molecule has 0 spiro atoms. The zero-order valence-corrected chi connectivity index (χ0v) is 16.5. The van der Waals surface area contributed by atoms with E-state index in [9.17, 15) is 14.4 Å². The maximum Gasteiger partial charge on any atom is 0.350 e. The van der Waals surface area contributed by atoms with Crippen LogP contribution in [0.25, 0.3) is 10.6 Å². The second kappa shape index (κ2) is 8.89. The van der Waals surface area contributed by atoms with Crippen molar-refractivity contribution in [2.75, 3.05) is 19.0 Å². The number of amides is 1. The highest BCUT2D eigenvalue weighted by atomic mass is 32.1. The fourth-order valence-electron chi connectivity index (χ4n) is 2.10. The molecule has 1 N–H and O–H groups in total. The summed E-state index contributed by atoms with van der Waals surface area (Å²) >= 11 is 4.17. The third-order valence-corrected chi connectivity index (χ3v) is 5.84. The second-order valence-electron chi connectivity index (χ2n) is 5.20. The van der Waals surface area contributed by atoms with Gasteiger partial charge in [-0.2, -0.15) is 11.3 Å². The Morgan fingerprint density at radius 1 is 1.15 bits per heavy atom. The summed E-state index contributed by atoms with van der Waals surface area (Å²) in [6.45, 7) is -0.448. The van der Waals surface area contributed by atoms with Crippen LogP contribution in [0.15, 0.2) is 33.7 Å². The van der Waals surface area contributed by atoms with Gasteiger partial charge in [-0.05, 0) is 22.9 Å². The molecule has 7 nitrogen and oxygen atoms in total. The fourth-order valence-corrected chi connectivity index (χ4v) is 4.39. The lowest BCUT2D eigenvalue weighted by Crippen LogP contribution is -2.22. The third kappa shape index (κ3) is 5.00. The molecule has 0 aliphatic carbocycles. The highest BCUT2D eigenvalue weighted by Crippen LogP contribution is 2.26. The summed E-state index contributed by atoms with van der Waals surface area (Å²) in [5.74, 6) is -1.63. The number of nitrogens with zero attached hydrogens (tertiary/aromatic N) is 1.